The molecule has 6 heteroatoms. The van der Waals surface area contributed by atoms with Crippen LogP contribution in [0.5, 0.6) is 0 Å². The number of hydrogen-bond donors (Lipinski definition) is 2. The van der Waals surface area contributed by atoms with Crippen molar-refractivity contribution in [3.63, 3.8) is 0 Å². The maximum atomic E-state index is 13.0. The van der Waals surface area contributed by atoms with Crippen molar-refractivity contribution in [2.75, 3.05) is 43.4 Å². The number of thioether (sulfide) groups is 1. The SMILES string of the molecule is O[C@H](CSc1ccccc1Cl)C[NH+]1CCN(c2ccc(F)cc2)CC1. The smallest absolute Gasteiger partial charge is 0.123 e. The van der Waals surface area contributed by atoms with E-state index in [1.54, 1.807) is 11.8 Å². The molecule has 0 radical (unpaired) electrons. The summed E-state index contributed by atoms with van der Waals surface area (Å²) in [6.07, 6.45) is -0.353. The number of aliphatic hydroxyl groups is 1. The fourth-order valence-corrected chi connectivity index (χ4v) is 4.25. The molecule has 0 aromatic heterocycles. The van der Waals surface area contributed by atoms with Gasteiger partial charge in [0.1, 0.15) is 18.5 Å². The van der Waals surface area contributed by atoms with Gasteiger partial charge in [-0.1, -0.05) is 23.7 Å². The third-order valence-corrected chi connectivity index (χ3v) is 6.11. The molecule has 0 bridgehead atoms. The number of benzene rings is 2. The van der Waals surface area contributed by atoms with Crippen LogP contribution in [0.1, 0.15) is 0 Å². The fraction of sp³-hybridized carbons (Fsp3) is 0.368. The van der Waals surface area contributed by atoms with Crippen LogP contribution in [0, 0.1) is 5.82 Å². The van der Waals surface area contributed by atoms with Gasteiger partial charge in [0.25, 0.3) is 0 Å². The standard InChI is InChI=1S/C19H22ClFN2OS/c20-18-3-1-2-4-19(18)25-14-17(24)13-22-9-11-23(12-10-22)16-7-5-15(21)6-8-16/h1-8,17,24H,9-14H2/p+1/t17-/m0/s1. The van der Waals surface area contributed by atoms with Crippen molar-refractivity contribution in [2.24, 2.45) is 0 Å². The van der Waals surface area contributed by atoms with Gasteiger partial charge >= 0.3 is 0 Å². The lowest BCUT2D eigenvalue weighted by Crippen LogP contribution is -3.15. The van der Waals surface area contributed by atoms with Crippen molar-refractivity contribution < 1.29 is 14.4 Å². The van der Waals surface area contributed by atoms with E-state index in [9.17, 15) is 9.50 Å². The lowest BCUT2D eigenvalue weighted by molar-refractivity contribution is -0.903. The van der Waals surface area contributed by atoms with Crippen molar-refractivity contribution in [2.45, 2.75) is 11.0 Å². The Kier molecular flexibility index (Phi) is 6.59. The Labute approximate surface area is 157 Å². The highest BCUT2D eigenvalue weighted by Crippen LogP contribution is 2.26. The summed E-state index contributed by atoms with van der Waals surface area (Å²) in [5, 5.41) is 11.1. The van der Waals surface area contributed by atoms with Gasteiger partial charge in [0.05, 0.1) is 31.2 Å². The lowest BCUT2D eigenvalue weighted by Gasteiger charge is -2.34. The number of rotatable bonds is 6. The summed E-state index contributed by atoms with van der Waals surface area (Å²) in [4.78, 5) is 4.69. The lowest BCUT2D eigenvalue weighted by atomic mass is 10.2. The van der Waals surface area contributed by atoms with E-state index >= 15 is 0 Å². The Morgan fingerprint density at radius 2 is 1.80 bits per heavy atom. The minimum absolute atomic E-state index is 0.202. The molecule has 3 nitrogen and oxygen atoms in total. The molecular weight excluding hydrogens is 359 g/mol. The number of nitrogens with zero attached hydrogens (tertiary/aromatic N) is 1. The van der Waals surface area contributed by atoms with Crippen LogP contribution in [-0.4, -0.2) is 49.7 Å². The van der Waals surface area contributed by atoms with E-state index in [1.807, 2.05) is 36.4 Å². The molecule has 1 atom stereocenters. The van der Waals surface area contributed by atoms with Crippen LogP contribution < -0.4 is 9.80 Å². The molecule has 0 amide bonds. The van der Waals surface area contributed by atoms with E-state index in [0.717, 1.165) is 48.3 Å². The predicted octanol–water partition coefficient (Wildman–Crippen LogP) is 2.34. The Balaban J connectivity index is 1.42. The van der Waals surface area contributed by atoms with E-state index in [1.165, 1.54) is 17.0 Å². The first-order valence-electron chi connectivity index (χ1n) is 8.51. The molecule has 0 aliphatic carbocycles. The summed E-state index contributed by atoms with van der Waals surface area (Å²) in [5.41, 5.74) is 1.07. The van der Waals surface area contributed by atoms with Crippen molar-refractivity contribution in [1.29, 1.82) is 0 Å². The Morgan fingerprint density at radius 3 is 2.48 bits per heavy atom. The van der Waals surface area contributed by atoms with Gasteiger partial charge < -0.3 is 14.9 Å². The molecule has 25 heavy (non-hydrogen) atoms. The summed E-state index contributed by atoms with van der Waals surface area (Å²) >= 11 is 7.75. The van der Waals surface area contributed by atoms with Crippen LogP contribution in [0.15, 0.2) is 53.4 Å². The molecule has 2 N–H and O–H groups in total. The van der Waals surface area contributed by atoms with E-state index in [-0.39, 0.29) is 11.9 Å². The molecule has 134 valence electrons. The average Bonchev–Trinajstić information content (AvgIpc) is 2.62. The van der Waals surface area contributed by atoms with Gasteiger partial charge in [-0.3, -0.25) is 0 Å². The van der Waals surface area contributed by atoms with Crippen LogP contribution in [-0.2, 0) is 0 Å². The van der Waals surface area contributed by atoms with E-state index in [0.29, 0.717) is 5.75 Å². The average molecular weight is 382 g/mol. The van der Waals surface area contributed by atoms with Gasteiger partial charge in [0.2, 0.25) is 0 Å². The maximum absolute atomic E-state index is 13.0. The number of quaternary nitrogens is 1. The van der Waals surface area contributed by atoms with Crippen molar-refractivity contribution >= 4 is 29.1 Å². The van der Waals surface area contributed by atoms with Crippen LogP contribution in [0.2, 0.25) is 5.02 Å². The molecule has 1 aliphatic rings. The summed E-state index contributed by atoms with van der Waals surface area (Å²) in [6, 6.07) is 14.4. The Hall–Kier alpha value is -1.27. The van der Waals surface area contributed by atoms with Gasteiger partial charge in [-0.2, -0.15) is 0 Å². The predicted molar refractivity (Wildman–Crippen MR) is 102 cm³/mol. The van der Waals surface area contributed by atoms with Gasteiger partial charge in [-0.15, -0.1) is 11.8 Å². The van der Waals surface area contributed by atoms with E-state index in [2.05, 4.69) is 4.90 Å². The highest BCUT2D eigenvalue weighted by atomic mass is 35.5. The summed E-state index contributed by atoms with van der Waals surface area (Å²) in [7, 11) is 0. The zero-order valence-corrected chi connectivity index (χ0v) is 15.6. The number of aliphatic hydroxyl groups excluding tert-OH is 1. The molecule has 1 saturated heterocycles. The molecular formula is C19H23ClFN2OS+. The zero-order chi connectivity index (χ0) is 17.6. The number of piperazine rings is 1. The molecule has 2 aromatic carbocycles. The first-order chi connectivity index (χ1) is 12.1. The van der Waals surface area contributed by atoms with Gasteiger partial charge in [0, 0.05) is 16.3 Å². The number of nitrogens with one attached hydrogen (secondary N) is 1. The monoisotopic (exact) mass is 381 g/mol. The Morgan fingerprint density at radius 1 is 1.12 bits per heavy atom. The zero-order valence-electron chi connectivity index (χ0n) is 14.0. The van der Waals surface area contributed by atoms with E-state index < -0.39 is 0 Å². The highest BCUT2D eigenvalue weighted by molar-refractivity contribution is 7.99. The fourth-order valence-electron chi connectivity index (χ4n) is 3.08. The first-order valence-corrected chi connectivity index (χ1v) is 9.87. The second-order valence-electron chi connectivity index (χ2n) is 6.31. The third kappa shape index (κ3) is 5.35. The minimum Gasteiger partial charge on any atom is -0.386 e. The van der Waals surface area contributed by atoms with Crippen LogP contribution in [0.25, 0.3) is 0 Å². The molecule has 0 unspecified atom stereocenters. The molecule has 0 saturated carbocycles. The van der Waals surface area contributed by atoms with Crippen molar-refractivity contribution in [3.8, 4) is 0 Å². The first kappa shape index (κ1) is 18.5. The number of anilines is 1. The van der Waals surface area contributed by atoms with Gasteiger partial charge in [-0.25, -0.2) is 4.39 Å². The number of halogens is 2. The molecule has 1 aliphatic heterocycles. The molecule has 0 spiro atoms. The molecule has 1 heterocycles. The third-order valence-electron chi connectivity index (χ3n) is 4.45. The second-order valence-corrected chi connectivity index (χ2v) is 7.78. The summed E-state index contributed by atoms with van der Waals surface area (Å²) < 4.78 is 13.0. The normalized spacial score (nSPS) is 16.8. The van der Waals surface area contributed by atoms with Crippen molar-refractivity contribution in [3.05, 3.63) is 59.4 Å². The van der Waals surface area contributed by atoms with Crippen LogP contribution in [0.4, 0.5) is 10.1 Å². The van der Waals surface area contributed by atoms with Crippen LogP contribution in [0.3, 0.4) is 0 Å². The van der Waals surface area contributed by atoms with Crippen molar-refractivity contribution in [1.82, 2.24) is 0 Å². The van der Waals surface area contributed by atoms with Gasteiger partial charge in [-0.05, 0) is 36.4 Å². The molecule has 3 rings (SSSR count). The number of hydrogen-bond acceptors (Lipinski definition) is 3. The van der Waals surface area contributed by atoms with Gasteiger partial charge in [0.15, 0.2) is 0 Å². The topological polar surface area (TPSA) is 27.9 Å². The highest BCUT2D eigenvalue weighted by Gasteiger charge is 2.22. The molecule has 1 fully saturated rings. The largest absolute Gasteiger partial charge is 0.386 e. The minimum atomic E-state index is -0.353. The second kappa shape index (κ2) is 8.90. The van der Waals surface area contributed by atoms with Crippen LogP contribution >= 0.6 is 23.4 Å². The summed E-state index contributed by atoms with van der Waals surface area (Å²) in [6.45, 7) is 4.54. The maximum Gasteiger partial charge on any atom is 0.123 e. The van der Waals surface area contributed by atoms with E-state index in [4.69, 9.17) is 11.6 Å². The quantitative estimate of drug-likeness (QED) is 0.752. The Bertz CT molecular complexity index is 677. The summed E-state index contributed by atoms with van der Waals surface area (Å²) in [5.74, 6) is 0.446. The molecule has 2 aromatic rings.